The smallest absolute Gasteiger partial charge is 0.194 e. The normalized spacial score (nSPS) is 21.8. The Morgan fingerprint density at radius 3 is 2.60 bits per heavy atom. The van der Waals surface area contributed by atoms with Gasteiger partial charge >= 0.3 is 0 Å². The summed E-state index contributed by atoms with van der Waals surface area (Å²) in [4.78, 5) is 8.79. The number of benzene rings is 1. The van der Waals surface area contributed by atoms with Crippen molar-refractivity contribution in [3.8, 4) is 0 Å². The molecular formula is C19H25IN4O. The maximum Gasteiger partial charge on any atom is 0.194 e. The molecule has 2 unspecified atom stereocenters. The van der Waals surface area contributed by atoms with Gasteiger partial charge in [-0.2, -0.15) is 0 Å². The van der Waals surface area contributed by atoms with Gasteiger partial charge in [0.05, 0.1) is 18.8 Å². The zero-order valence-electron chi connectivity index (χ0n) is 14.6. The number of guanidine groups is 1. The number of hydrogen-bond acceptors (Lipinski definition) is 3. The molecule has 0 spiro atoms. The SMILES string of the molecule is CC1(C)C(N=C(N)Nc2ccccn2)CC1OCc1ccccc1.I. The molecule has 0 aliphatic heterocycles. The summed E-state index contributed by atoms with van der Waals surface area (Å²) in [5.41, 5.74) is 7.16. The van der Waals surface area contributed by atoms with Crippen LogP contribution in [0.15, 0.2) is 59.7 Å². The molecule has 1 aliphatic rings. The lowest BCUT2D eigenvalue weighted by molar-refractivity contribution is -0.114. The van der Waals surface area contributed by atoms with Gasteiger partial charge in [0.25, 0.3) is 0 Å². The van der Waals surface area contributed by atoms with Crippen molar-refractivity contribution in [2.75, 3.05) is 5.32 Å². The first kappa shape index (κ1) is 19.7. The van der Waals surface area contributed by atoms with E-state index >= 15 is 0 Å². The molecule has 2 atom stereocenters. The quantitative estimate of drug-likeness (QED) is 0.411. The number of hydrogen-bond donors (Lipinski definition) is 2. The van der Waals surface area contributed by atoms with Crippen molar-refractivity contribution < 1.29 is 4.74 Å². The van der Waals surface area contributed by atoms with Gasteiger partial charge < -0.3 is 15.8 Å². The Bertz CT molecular complexity index is 691. The van der Waals surface area contributed by atoms with E-state index in [1.54, 1.807) is 6.20 Å². The summed E-state index contributed by atoms with van der Waals surface area (Å²) < 4.78 is 6.07. The number of ether oxygens (including phenoxy) is 1. The molecule has 1 aromatic carbocycles. The monoisotopic (exact) mass is 452 g/mol. The van der Waals surface area contributed by atoms with Crippen LogP contribution in [0.25, 0.3) is 0 Å². The Morgan fingerprint density at radius 1 is 1.24 bits per heavy atom. The van der Waals surface area contributed by atoms with E-state index < -0.39 is 0 Å². The number of aromatic nitrogens is 1. The van der Waals surface area contributed by atoms with E-state index in [0.717, 1.165) is 6.42 Å². The van der Waals surface area contributed by atoms with Gasteiger partial charge in [0.1, 0.15) is 5.82 Å². The average molecular weight is 452 g/mol. The van der Waals surface area contributed by atoms with Crippen LogP contribution >= 0.6 is 24.0 Å². The molecule has 3 N–H and O–H groups in total. The predicted octanol–water partition coefficient (Wildman–Crippen LogP) is 3.81. The molecule has 25 heavy (non-hydrogen) atoms. The molecule has 134 valence electrons. The van der Waals surface area contributed by atoms with E-state index in [-0.39, 0.29) is 41.5 Å². The Labute approximate surface area is 166 Å². The fraction of sp³-hybridized carbons (Fsp3) is 0.368. The number of nitrogens with zero attached hydrogens (tertiary/aromatic N) is 2. The van der Waals surface area contributed by atoms with E-state index in [2.05, 4.69) is 41.3 Å². The molecule has 1 aliphatic carbocycles. The highest BCUT2D eigenvalue weighted by molar-refractivity contribution is 14.0. The molecular weight excluding hydrogens is 427 g/mol. The van der Waals surface area contributed by atoms with E-state index in [1.165, 1.54) is 5.56 Å². The summed E-state index contributed by atoms with van der Waals surface area (Å²) in [5.74, 6) is 1.10. The Hall–Kier alpha value is -1.67. The number of rotatable bonds is 5. The Balaban J connectivity index is 0.00000225. The van der Waals surface area contributed by atoms with Crippen molar-refractivity contribution in [3.05, 3.63) is 60.3 Å². The number of pyridine rings is 1. The Morgan fingerprint density at radius 2 is 1.96 bits per heavy atom. The number of halogens is 1. The van der Waals surface area contributed by atoms with Crippen LogP contribution in [0, 0.1) is 5.41 Å². The van der Waals surface area contributed by atoms with Gasteiger partial charge in [0, 0.05) is 11.6 Å². The van der Waals surface area contributed by atoms with Crippen LogP contribution in [-0.4, -0.2) is 23.1 Å². The highest BCUT2D eigenvalue weighted by Crippen LogP contribution is 2.45. The first-order valence-corrected chi connectivity index (χ1v) is 8.22. The third kappa shape index (κ3) is 4.92. The van der Waals surface area contributed by atoms with Crippen molar-refractivity contribution in [2.24, 2.45) is 16.1 Å². The molecule has 1 fully saturated rings. The topological polar surface area (TPSA) is 72.5 Å². The van der Waals surface area contributed by atoms with Crippen LogP contribution in [0.5, 0.6) is 0 Å². The summed E-state index contributed by atoms with van der Waals surface area (Å²) in [6.45, 7) is 4.98. The largest absolute Gasteiger partial charge is 0.373 e. The van der Waals surface area contributed by atoms with Crippen LogP contribution in [0.4, 0.5) is 5.82 Å². The van der Waals surface area contributed by atoms with Crippen LogP contribution in [0.3, 0.4) is 0 Å². The molecule has 0 saturated heterocycles. The molecule has 5 nitrogen and oxygen atoms in total. The van der Waals surface area contributed by atoms with Crippen molar-refractivity contribution in [1.29, 1.82) is 0 Å². The third-order valence-electron chi connectivity index (χ3n) is 4.64. The van der Waals surface area contributed by atoms with E-state index in [0.29, 0.717) is 18.4 Å². The van der Waals surface area contributed by atoms with Gasteiger partial charge in [-0.25, -0.2) is 9.98 Å². The highest BCUT2D eigenvalue weighted by Gasteiger charge is 2.49. The molecule has 1 saturated carbocycles. The van der Waals surface area contributed by atoms with Gasteiger partial charge in [0.15, 0.2) is 5.96 Å². The second-order valence-electron chi connectivity index (χ2n) is 6.71. The molecule has 0 bridgehead atoms. The van der Waals surface area contributed by atoms with E-state index in [9.17, 15) is 0 Å². The third-order valence-corrected chi connectivity index (χ3v) is 4.64. The summed E-state index contributed by atoms with van der Waals surface area (Å²) in [7, 11) is 0. The first-order valence-electron chi connectivity index (χ1n) is 8.22. The second-order valence-corrected chi connectivity index (χ2v) is 6.71. The fourth-order valence-electron chi connectivity index (χ4n) is 2.91. The van der Waals surface area contributed by atoms with Crippen LogP contribution in [0.1, 0.15) is 25.8 Å². The summed E-state index contributed by atoms with van der Waals surface area (Å²) >= 11 is 0. The van der Waals surface area contributed by atoms with Crippen molar-refractivity contribution >= 4 is 35.8 Å². The Kier molecular flexibility index (Phi) is 6.78. The number of nitrogens with two attached hydrogens (primary N) is 1. The number of anilines is 1. The second kappa shape index (κ2) is 8.62. The minimum atomic E-state index is -0.0365. The van der Waals surface area contributed by atoms with E-state index in [1.807, 2.05) is 36.4 Å². The molecule has 1 heterocycles. The summed E-state index contributed by atoms with van der Waals surface area (Å²) in [6, 6.07) is 16.0. The molecule has 1 aromatic heterocycles. The highest BCUT2D eigenvalue weighted by atomic mass is 127. The summed E-state index contributed by atoms with van der Waals surface area (Å²) in [6.07, 6.45) is 2.79. The molecule has 6 heteroatoms. The number of aliphatic imine (C=N–C) groups is 1. The average Bonchev–Trinajstić information content (AvgIpc) is 2.59. The predicted molar refractivity (Wildman–Crippen MR) is 112 cm³/mol. The van der Waals surface area contributed by atoms with Crippen LogP contribution < -0.4 is 11.1 Å². The lowest BCUT2D eigenvalue weighted by Crippen LogP contribution is -2.54. The van der Waals surface area contributed by atoms with Gasteiger partial charge in [0.2, 0.25) is 0 Å². The lowest BCUT2D eigenvalue weighted by Gasteiger charge is -2.49. The van der Waals surface area contributed by atoms with Crippen LogP contribution in [-0.2, 0) is 11.3 Å². The zero-order chi connectivity index (χ0) is 17.0. The fourth-order valence-corrected chi connectivity index (χ4v) is 2.91. The minimum Gasteiger partial charge on any atom is -0.373 e. The zero-order valence-corrected chi connectivity index (χ0v) is 16.9. The lowest BCUT2D eigenvalue weighted by atomic mass is 9.65. The number of nitrogens with one attached hydrogen (secondary N) is 1. The standard InChI is InChI=1S/C19H24N4O.HI/c1-19(2)15(22-18(20)23-17-10-6-7-11-21-17)12-16(19)24-13-14-8-4-3-5-9-14;/h3-11,15-16H,12-13H2,1-2H3,(H3,20,21,22,23);1H. The molecule has 0 amide bonds. The maximum atomic E-state index is 6.07. The van der Waals surface area contributed by atoms with Crippen molar-refractivity contribution in [1.82, 2.24) is 4.98 Å². The van der Waals surface area contributed by atoms with Gasteiger partial charge in [-0.1, -0.05) is 50.2 Å². The van der Waals surface area contributed by atoms with Gasteiger partial charge in [-0.3, -0.25) is 0 Å². The maximum absolute atomic E-state index is 6.07. The van der Waals surface area contributed by atoms with Crippen molar-refractivity contribution in [3.63, 3.8) is 0 Å². The minimum absolute atomic E-state index is 0. The van der Waals surface area contributed by atoms with Crippen molar-refractivity contribution in [2.45, 2.75) is 39.0 Å². The molecule has 2 aromatic rings. The van der Waals surface area contributed by atoms with Crippen LogP contribution in [0.2, 0.25) is 0 Å². The van der Waals surface area contributed by atoms with Gasteiger partial charge in [-0.15, -0.1) is 24.0 Å². The van der Waals surface area contributed by atoms with Gasteiger partial charge in [-0.05, 0) is 24.1 Å². The molecule has 0 radical (unpaired) electrons. The van der Waals surface area contributed by atoms with E-state index in [4.69, 9.17) is 10.5 Å². The summed E-state index contributed by atoms with van der Waals surface area (Å²) in [5, 5.41) is 3.03. The molecule has 3 rings (SSSR count). The first-order chi connectivity index (χ1) is 11.6.